The Balaban J connectivity index is 1.28. The van der Waals surface area contributed by atoms with Crippen LogP contribution in [0.3, 0.4) is 0 Å². The molecule has 0 saturated carbocycles. The van der Waals surface area contributed by atoms with Crippen molar-refractivity contribution in [1.29, 1.82) is 0 Å². The molecule has 0 aliphatic carbocycles. The minimum Gasteiger partial charge on any atom is -0.273 e. The number of hydrogen-bond donors (Lipinski definition) is 0. The number of benzene rings is 4. The molecule has 210 valence electrons. The van der Waals surface area contributed by atoms with E-state index in [4.69, 9.17) is 9.98 Å². The number of aryl methyl sites for hydroxylation is 4. The van der Waals surface area contributed by atoms with Gasteiger partial charge in [-0.25, -0.2) is 9.98 Å². The molecule has 2 amide bonds. The molecule has 0 radical (unpaired) electrons. The molecule has 0 N–H and O–H groups in total. The third-order valence-electron chi connectivity index (χ3n) is 7.26. The molecule has 2 fully saturated rings. The summed E-state index contributed by atoms with van der Waals surface area (Å²) in [6.45, 7) is 8.13. The number of carbonyl (C=O) groups is 2. The average Bonchev–Trinajstić information content (AvgIpc) is 3.52. The van der Waals surface area contributed by atoms with E-state index in [-0.39, 0.29) is 11.8 Å². The van der Waals surface area contributed by atoms with Crippen LogP contribution in [0.1, 0.15) is 22.3 Å². The van der Waals surface area contributed by atoms with Gasteiger partial charge in [-0.05, 0) is 98.5 Å². The predicted molar refractivity (Wildman–Crippen MR) is 178 cm³/mol. The number of nitrogens with zero attached hydrogens (tertiary/aromatic N) is 4. The maximum Gasteiger partial charge on any atom is 0.243 e. The second-order valence-electron chi connectivity index (χ2n) is 10.5. The van der Waals surface area contributed by atoms with E-state index in [0.717, 1.165) is 45.0 Å². The lowest BCUT2D eigenvalue weighted by Crippen LogP contribution is -2.29. The van der Waals surface area contributed by atoms with Gasteiger partial charge < -0.3 is 0 Å². The molecule has 2 aliphatic heterocycles. The van der Waals surface area contributed by atoms with Crippen molar-refractivity contribution in [2.45, 2.75) is 27.7 Å². The highest BCUT2D eigenvalue weighted by molar-refractivity contribution is 8.15. The van der Waals surface area contributed by atoms with Crippen LogP contribution in [0, 0.1) is 27.7 Å². The van der Waals surface area contributed by atoms with Gasteiger partial charge in [-0.2, -0.15) is 0 Å². The van der Waals surface area contributed by atoms with Crippen LogP contribution < -0.4 is 9.80 Å². The van der Waals surface area contributed by atoms with Gasteiger partial charge in [-0.1, -0.05) is 71.0 Å². The van der Waals surface area contributed by atoms with Crippen LogP contribution in [0.5, 0.6) is 0 Å². The molecule has 4 aromatic rings. The summed E-state index contributed by atoms with van der Waals surface area (Å²) < 4.78 is 0. The molecule has 0 atom stereocenters. The van der Waals surface area contributed by atoms with E-state index < -0.39 is 0 Å². The molecule has 6 nitrogen and oxygen atoms in total. The highest BCUT2D eigenvalue weighted by atomic mass is 32.2. The minimum atomic E-state index is 0.0261. The largest absolute Gasteiger partial charge is 0.273 e. The first kappa shape index (κ1) is 28.0. The van der Waals surface area contributed by atoms with Gasteiger partial charge >= 0.3 is 0 Å². The van der Waals surface area contributed by atoms with Gasteiger partial charge in [0.05, 0.1) is 34.3 Å². The van der Waals surface area contributed by atoms with Gasteiger partial charge in [0.2, 0.25) is 11.8 Å². The zero-order chi connectivity index (χ0) is 29.4. The topological polar surface area (TPSA) is 65.3 Å². The van der Waals surface area contributed by atoms with Gasteiger partial charge in [0.15, 0.2) is 10.3 Å². The minimum absolute atomic E-state index is 0.0261. The normalized spacial score (nSPS) is 17.2. The van der Waals surface area contributed by atoms with E-state index in [0.29, 0.717) is 21.8 Å². The van der Waals surface area contributed by atoms with E-state index in [1.54, 1.807) is 9.80 Å². The number of aliphatic imine (C=N–C) groups is 2. The Bertz CT molecular complexity index is 1630. The maximum atomic E-state index is 12.9. The maximum absolute atomic E-state index is 12.9. The van der Waals surface area contributed by atoms with Crippen LogP contribution in [0.4, 0.5) is 22.7 Å². The van der Waals surface area contributed by atoms with Crippen molar-refractivity contribution in [3.05, 3.63) is 107 Å². The molecule has 0 unspecified atom stereocenters. The molecule has 0 bridgehead atoms. The number of amides is 2. The Morgan fingerprint density at radius 3 is 1.29 bits per heavy atom. The van der Waals surface area contributed by atoms with Crippen molar-refractivity contribution in [3.63, 3.8) is 0 Å². The summed E-state index contributed by atoms with van der Waals surface area (Å²) >= 11 is 2.92. The summed E-state index contributed by atoms with van der Waals surface area (Å²) in [6, 6.07) is 28.2. The number of thioether (sulfide) groups is 2. The molecule has 0 spiro atoms. The number of amidine groups is 2. The van der Waals surface area contributed by atoms with Crippen molar-refractivity contribution in [3.8, 4) is 11.1 Å². The van der Waals surface area contributed by atoms with Crippen LogP contribution in [0.2, 0.25) is 0 Å². The van der Waals surface area contributed by atoms with Crippen LogP contribution in [-0.4, -0.2) is 33.7 Å². The highest BCUT2D eigenvalue weighted by Crippen LogP contribution is 2.36. The number of carbonyl (C=O) groups excluding carboxylic acids is 2. The van der Waals surface area contributed by atoms with E-state index in [9.17, 15) is 9.59 Å². The summed E-state index contributed by atoms with van der Waals surface area (Å²) in [5.74, 6) is 0.793. The lowest BCUT2D eigenvalue weighted by Gasteiger charge is -2.21. The molecule has 2 saturated heterocycles. The average molecular weight is 591 g/mol. The second-order valence-corrected chi connectivity index (χ2v) is 12.4. The Morgan fingerprint density at radius 2 is 0.929 bits per heavy atom. The third-order valence-corrected chi connectivity index (χ3v) is 9.10. The van der Waals surface area contributed by atoms with Crippen molar-refractivity contribution in [1.82, 2.24) is 0 Å². The molecule has 6 rings (SSSR count). The Kier molecular flexibility index (Phi) is 7.75. The van der Waals surface area contributed by atoms with Gasteiger partial charge in [-0.3, -0.25) is 19.4 Å². The number of rotatable bonds is 5. The van der Waals surface area contributed by atoms with Gasteiger partial charge in [0.1, 0.15) is 0 Å². The lowest BCUT2D eigenvalue weighted by atomic mass is 9.99. The molecule has 42 heavy (non-hydrogen) atoms. The van der Waals surface area contributed by atoms with Crippen molar-refractivity contribution in [2.75, 3.05) is 21.3 Å². The molecule has 0 aromatic heterocycles. The molecule has 4 aromatic carbocycles. The Labute approximate surface area is 254 Å². The smallest absolute Gasteiger partial charge is 0.243 e. The fourth-order valence-electron chi connectivity index (χ4n) is 4.99. The molecular formula is C34H30N4O2S2. The van der Waals surface area contributed by atoms with E-state index in [1.807, 2.05) is 100 Å². The summed E-state index contributed by atoms with van der Waals surface area (Å²) in [6.07, 6.45) is 0. The molecule has 2 heterocycles. The number of hydrogen-bond acceptors (Lipinski definition) is 6. The van der Waals surface area contributed by atoms with E-state index >= 15 is 0 Å². The van der Waals surface area contributed by atoms with Gasteiger partial charge in [0.25, 0.3) is 0 Å². The first-order chi connectivity index (χ1) is 20.3. The van der Waals surface area contributed by atoms with Crippen molar-refractivity contribution in [2.24, 2.45) is 9.98 Å². The SMILES string of the molecule is Cc1ccc(N=C2SCC(=O)N2c2ccc(-c3ccc(N4C(=O)CSC4=Nc4ccc(C)cc4)c(C)c3)cc2C)cc1. The van der Waals surface area contributed by atoms with Crippen LogP contribution in [0.25, 0.3) is 11.1 Å². The molecule has 2 aliphatic rings. The first-order valence-corrected chi connectivity index (χ1v) is 15.7. The standard InChI is InChI=1S/C34H30N4O2S2/c1-21-5-11-27(12-6-21)35-33-37(31(39)19-41-33)29-15-9-25(17-23(29)3)26-10-16-30(24(4)18-26)38-32(40)20-42-34(38)36-28-13-7-22(2)8-14-28/h5-18H,19-20H2,1-4H3. The summed E-state index contributed by atoms with van der Waals surface area (Å²) in [7, 11) is 0. The Morgan fingerprint density at radius 1 is 0.548 bits per heavy atom. The number of anilines is 2. The summed E-state index contributed by atoms with van der Waals surface area (Å²) in [4.78, 5) is 38.8. The van der Waals surface area contributed by atoms with E-state index in [1.165, 1.54) is 34.7 Å². The third kappa shape index (κ3) is 5.65. The lowest BCUT2D eigenvalue weighted by molar-refractivity contribution is -0.115. The summed E-state index contributed by atoms with van der Waals surface area (Å²) in [5.41, 5.74) is 9.72. The second kappa shape index (κ2) is 11.6. The quantitative estimate of drug-likeness (QED) is 0.235. The van der Waals surface area contributed by atoms with E-state index in [2.05, 4.69) is 12.1 Å². The highest BCUT2D eigenvalue weighted by Gasteiger charge is 2.32. The Hall–Kier alpha value is -4.14. The zero-order valence-electron chi connectivity index (χ0n) is 23.9. The summed E-state index contributed by atoms with van der Waals surface area (Å²) in [5, 5.41) is 1.38. The zero-order valence-corrected chi connectivity index (χ0v) is 25.6. The molecular weight excluding hydrogens is 561 g/mol. The van der Waals surface area contributed by atoms with Crippen LogP contribution in [-0.2, 0) is 9.59 Å². The fourth-order valence-corrected chi connectivity index (χ4v) is 6.76. The fraction of sp³-hybridized carbons (Fsp3) is 0.176. The van der Waals surface area contributed by atoms with Crippen LogP contribution >= 0.6 is 23.5 Å². The predicted octanol–water partition coefficient (Wildman–Crippen LogP) is 8.12. The molecule has 8 heteroatoms. The first-order valence-electron chi connectivity index (χ1n) is 13.7. The van der Waals surface area contributed by atoms with Gasteiger partial charge in [0, 0.05) is 0 Å². The van der Waals surface area contributed by atoms with Crippen molar-refractivity contribution >= 4 is 68.4 Å². The monoisotopic (exact) mass is 590 g/mol. The van der Waals surface area contributed by atoms with Crippen molar-refractivity contribution < 1.29 is 9.59 Å². The van der Waals surface area contributed by atoms with Crippen LogP contribution in [0.15, 0.2) is 94.9 Å². The van der Waals surface area contributed by atoms with Gasteiger partial charge in [-0.15, -0.1) is 0 Å².